The highest BCUT2D eigenvalue weighted by atomic mass is 16.5. The van der Waals surface area contributed by atoms with E-state index in [4.69, 9.17) is 14.2 Å². The highest BCUT2D eigenvalue weighted by Crippen LogP contribution is 2.20. The fourth-order valence-corrected chi connectivity index (χ4v) is 2.01. The molecule has 21 heavy (non-hydrogen) atoms. The third kappa shape index (κ3) is 6.60. The van der Waals surface area contributed by atoms with Gasteiger partial charge in [-0.3, -0.25) is 9.69 Å². The molecule has 5 heteroatoms. The summed E-state index contributed by atoms with van der Waals surface area (Å²) < 4.78 is 15.5. The van der Waals surface area contributed by atoms with Gasteiger partial charge in [0.1, 0.15) is 5.75 Å². The summed E-state index contributed by atoms with van der Waals surface area (Å²) in [5, 5.41) is 0. The van der Waals surface area contributed by atoms with Gasteiger partial charge in [-0.1, -0.05) is 18.2 Å². The summed E-state index contributed by atoms with van der Waals surface area (Å²) in [5.41, 5.74) is 1.11. The van der Waals surface area contributed by atoms with Gasteiger partial charge in [0.25, 0.3) is 0 Å². The fraction of sp³-hybridized carbons (Fsp3) is 0.562. The van der Waals surface area contributed by atoms with Crippen LogP contribution in [-0.2, 0) is 20.8 Å². The van der Waals surface area contributed by atoms with E-state index in [0.717, 1.165) is 24.4 Å². The van der Waals surface area contributed by atoms with Crippen LogP contribution in [0.5, 0.6) is 5.75 Å². The first-order valence-electron chi connectivity index (χ1n) is 7.20. The molecule has 0 spiro atoms. The number of benzene rings is 1. The first-order valence-corrected chi connectivity index (χ1v) is 7.20. The summed E-state index contributed by atoms with van der Waals surface area (Å²) in [6, 6.07) is 7.96. The van der Waals surface area contributed by atoms with E-state index < -0.39 is 0 Å². The van der Waals surface area contributed by atoms with Crippen molar-refractivity contribution in [1.82, 2.24) is 4.90 Å². The average Bonchev–Trinajstić information content (AvgIpc) is 2.51. The normalized spacial score (nSPS) is 10.7. The molecule has 1 aromatic rings. The minimum Gasteiger partial charge on any atom is -0.494 e. The first kappa shape index (κ1) is 17.5. The van der Waals surface area contributed by atoms with Crippen LogP contribution in [0.15, 0.2) is 24.3 Å². The Morgan fingerprint density at radius 2 is 1.95 bits per heavy atom. The molecule has 1 rings (SSSR count). The number of hydrogen-bond acceptors (Lipinski definition) is 5. The molecule has 0 saturated carbocycles. The van der Waals surface area contributed by atoms with E-state index in [1.54, 1.807) is 7.11 Å². The number of nitrogens with zero attached hydrogens (tertiary/aromatic N) is 1. The number of carbonyl (C=O) groups is 1. The van der Waals surface area contributed by atoms with Crippen LogP contribution in [0.25, 0.3) is 0 Å². The number of rotatable bonds is 10. The van der Waals surface area contributed by atoms with Crippen LogP contribution in [0.3, 0.4) is 0 Å². The lowest BCUT2D eigenvalue weighted by Crippen LogP contribution is -2.29. The highest BCUT2D eigenvalue weighted by molar-refractivity contribution is 5.69. The summed E-state index contributed by atoms with van der Waals surface area (Å²) in [6.45, 7) is 5.34. The molecule has 118 valence electrons. The minimum absolute atomic E-state index is 0.199. The van der Waals surface area contributed by atoms with Crippen molar-refractivity contribution < 1.29 is 19.0 Å². The molecule has 0 N–H and O–H groups in total. The van der Waals surface area contributed by atoms with Crippen LogP contribution >= 0.6 is 0 Å². The zero-order valence-corrected chi connectivity index (χ0v) is 13.1. The predicted molar refractivity (Wildman–Crippen MR) is 81.4 cm³/mol. The number of ether oxygens (including phenoxy) is 3. The molecule has 0 bridgehead atoms. The van der Waals surface area contributed by atoms with Crippen molar-refractivity contribution in [3.8, 4) is 5.75 Å². The largest absolute Gasteiger partial charge is 0.494 e. The van der Waals surface area contributed by atoms with Gasteiger partial charge in [0.2, 0.25) is 0 Å². The van der Waals surface area contributed by atoms with E-state index in [-0.39, 0.29) is 5.97 Å². The fourth-order valence-electron chi connectivity index (χ4n) is 2.01. The average molecular weight is 295 g/mol. The molecular formula is C16H25NO4. The summed E-state index contributed by atoms with van der Waals surface area (Å²) in [5.74, 6) is 0.691. The van der Waals surface area contributed by atoms with Crippen LogP contribution in [-0.4, -0.2) is 51.4 Å². The van der Waals surface area contributed by atoms with E-state index in [1.165, 1.54) is 7.11 Å². The summed E-state index contributed by atoms with van der Waals surface area (Å²) in [6.07, 6.45) is 0.372. The van der Waals surface area contributed by atoms with Crippen LogP contribution in [0.1, 0.15) is 18.9 Å². The van der Waals surface area contributed by atoms with Crippen molar-refractivity contribution in [2.75, 3.05) is 40.5 Å². The van der Waals surface area contributed by atoms with Crippen molar-refractivity contribution in [1.29, 1.82) is 0 Å². The van der Waals surface area contributed by atoms with E-state index in [9.17, 15) is 4.79 Å². The van der Waals surface area contributed by atoms with Gasteiger partial charge in [-0.05, 0) is 13.0 Å². The Bertz CT molecular complexity index is 422. The van der Waals surface area contributed by atoms with Crippen molar-refractivity contribution >= 4 is 5.97 Å². The molecule has 0 aliphatic heterocycles. The van der Waals surface area contributed by atoms with Gasteiger partial charge in [-0.15, -0.1) is 0 Å². The Balaban J connectivity index is 2.68. The number of hydrogen-bond donors (Lipinski definition) is 0. The van der Waals surface area contributed by atoms with Crippen molar-refractivity contribution in [3.63, 3.8) is 0 Å². The second-order valence-electron chi connectivity index (χ2n) is 4.64. The maximum atomic E-state index is 11.3. The van der Waals surface area contributed by atoms with Gasteiger partial charge in [0, 0.05) is 32.3 Å². The number of methoxy groups -OCH3 is 2. The maximum Gasteiger partial charge on any atom is 0.306 e. The van der Waals surface area contributed by atoms with E-state index in [1.807, 2.05) is 31.2 Å². The molecule has 0 fully saturated rings. The smallest absolute Gasteiger partial charge is 0.306 e. The second-order valence-corrected chi connectivity index (χ2v) is 4.64. The molecule has 1 aromatic carbocycles. The molecule has 0 amide bonds. The second kappa shape index (κ2) is 10.2. The topological polar surface area (TPSA) is 48.0 Å². The number of esters is 1. The van der Waals surface area contributed by atoms with Gasteiger partial charge in [-0.2, -0.15) is 0 Å². The van der Waals surface area contributed by atoms with Crippen LogP contribution in [0.2, 0.25) is 0 Å². The Kier molecular flexibility index (Phi) is 8.47. The maximum absolute atomic E-state index is 11.3. The van der Waals surface area contributed by atoms with Crippen LogP contribution in [0, 0.1) is 0 Å². The molecule has 0 heterocycles. The first-order chi connectivity index (χ1) is 10.2. The molecule has 0 saturated heterocycles. The van der Waals surface area contributed by atoms with Crippen molar-refractivity contribution in [2.24, 2.45) is 0 Å². The SMILES string of the molecule is CCOc1ccccc1CN(CCOC)CCC(=O)OC. The molecule has 0 aromatic heterocycles. The van der Waals surface area contributed by atoms with Gasteiger partial charge in [0.15, 0.2) is 0 Å². The van der Waals surface area contributed by atoms with Gasteiger partial charge < -0.3 is 14.2 Å². The van der Waals surface area contributed by atoms with E-state index >= 15 is 0 Å². The molecule has 0 unspecified atom stereocenters. The predicted octanol–water partition coefficient (Wildman–Crippen LogP) is 2.10. The van der Waals surface area contributed by atoms with E-state index in [0.29, 0.717) is 26.2 Å². The lowest BCUT2D eigenvalue weighted by atomic mass is 10.2. The van der Waals surface area contributed by atoms with Crippen LogP contribution in [0.4, 0.5) is 0 Å². The Morgan fingerprint density at radius 3 is 2.62 bits per heavy atom. The summed E-state index contributed by atoms with van der Waals surface area (Å²) >= 11 is 0. The third-order valence-corrected chi connectivity index (χ3v) is 3.14. The van der Waals surface area contributed by atoms with Gasteiger partial charge in [0.05, 0.1) is 26.7 Å². The lowest BCUT2D eigenvalue weighted by molar-refractivity contribution is -0.141. The zero-order chi connectivity index (χ0) is 15.5. The van der Waals surface area contributed by atoms with E-state index in [2.05, 4.69) is 4.90 Å². The van der Waals surface area contributed by atoms with Gasteiger partial charge >= 0.3 is 5.97 Å². The third-order valence-electron chi connectivity index (χ3n) is 3.14. The number of para-hydroxylation sites is 1. The zero-order valence-electron chi connectivity index (χ0n) is 13.1. The Morgan fingerprint density at radius 1 is 1.19 bits per heavy atom. The molecular weight excluding hydrogens is 270 g/mol. The van der Waals surface area contributed by atoms with Crippen molar-refractivity contribution in [2.45, 2.75) is 19.9 Å². The van der Waals surface area contributed by atoms with Crippen LogP contribution < -0.4 is 4.74 Å². The summed E-state index contributed by atoms with van der Waals surface area (Å²) in [4.78, 5) is 13.5. The molecule has 0 aliphatic carbocycles. The Labute approximate surface area is 126 Å². The summed E-state index contributed by atoms with van der Waals surface area (Å²) in [7, 11) is 3.08. The quantitative estimate of drug-likeness (QED) is 0.619. The number of carbonyl (C=O) groups excluding carboxylic acids is 1. The minimum atomic E-state index is -0.199. The molecule has 0 radical (unpaired) electrons. The Hall–Kier alpha value is -1.59. The van der Waals surface area contributed by atoms with Gasteiger partial charge in [-0.25, -0.2) is 0 Å². The molecule has 0 atom stereocenters. The van der Waals surface area contributed by atoms with Crippen molar-refractivity contribution in [3.05, 3.63) is 29.8 Å². The lowest BCUT2D eigenvalue weighted by Gasteiger charge is -2.22. The highest BCUT2D eigenvalue weighted by Gasteiger charge is 2.12. The molecule has 5 nitrogen and oxygen atoms in total. The molecule has 0 aliphatic rings. The monoisotopic (exact) mass is 295 g/mol. The standard InChI is InChI=1S/C16H25NO4/c1-4-21-15-8-6-5-7-14(15)13-17(11-12-19-2)10-9-16(18)20-3/h5-8H,4,9-13H2,1-3H3.